The number of anilines is 2. The lowest BCUT2D eigenvalue weighted by atomic mass is 9.73. The molecule has 0 aliphatic carbocycles. The fourth-order valence-electron chi connectivity index (χ4n) is 9.83. The molecule has 5 nitrogen and oxygen atoms in total. The van der Waals surface area contributed by atoms with Crippen molar-refractivity contribution in [3.8, 4) is 17.3 Å². The maximum Gasteiger partial charge on any atom is 0.137 e. The van der Waals surface area contributed by atoms with Crippen molar-refractivity contribution in [3.63, 3.8) is 0 Å². The second-order valence-corrected chi connectivity index (χ2v) is 22.8. The van der Waals surface area contributed by atoms with Gasteiger partial charge >= 0.3 is 0 Å². The summed E-state index contributed by atoms with van der Waals surface area (Å²) in [6.45, 7) is 30.6. The fraction of sp³-hybridized carbons (Fsp3) is 0.306. The minimum absolute atomic E-state index is 0.0216. The number of hydrogen-bond acceptors (Lipinski definition) is 4. The van der Waals surface area contributed by atoms with Gasteiger partial charge in [0.25, 0.3) is 0 Å². The van der Waals surface area contributed by atoms with E-state index in [1.165, 1.54) is 55.5 Å². The molecule has 342 valence electrons. The zero-order valence-electron chi connectivity index (χ0n) is 42.0. The molecule has 0 saturated heterocycles. The Labute approximate surface area is 399 Å². The summed E-state index contributed by atoms with van der Waals surface area (Å²) in [5, 5.41) is 2.44. The molecule has 5 heteroatoms. The van der Waals surface area contributed by atoms with Gasteiger partial charge < -0.3 is 14.5 Å². The minimum Gasteiger partial charge on any atom is -0.457 e. The maximum atomic E-state index is 7.02. The van der Waals surface area contributed by atoms with Gasteiger partial charge in [-0.3, -0.25) is 4.57 Å². The van der Waals surface area contributed by atoms with Crippen molar-refractivity contribution in [2.45, 2.75) is 112 Å². The topological polar surface area (TPSA) is 33.5 Å². The lowest BCUT2D eigenvalue weighted by Crippen LogP contribution is -2.31. The number of benzene rings is 6. The summed E-state index contributed by atoms with van der Waals surface area (Å²) in [5.41, 5.74) is 12.6. The molecule has 6 aromatic carbocycles. The van der Waals surface area contributed by atoms with Gasteiger partial charge in [0.1, 0.15) is 17.3 Å². The second kappa shape index (κ2) is 16.6. The van der Waals surface area contributed by atoms with Crippen LogP contribution in [0.3, 0.4) is 0 Å². The van der Waals surface area contributed by atoms with E-state index in [0.29, 0.717) is 6.67 Å². The van der Waals surface area contributed by atoms with Gasteiger partial charge in [-0.05, 0) is 92.7 Å². The molecule has 0 bridgehead atoms. The van der Waals surface area contributed by atoms with Crippen molar-refractivity contribution in [1.82, 2.24) is 9.55 Å². The summed E-state index contributed by atoms with van der Waals surface area (Å²) in [7, 11) is 0. The summed E-state index contributed by atoms with van der Waals surface area (Å²) < 4.78 is 9.34. The van der Waals surface area contributed by atoms with Crippen LogP contribution in [0.1, 0.15) is 123 Å². The Kier molecular flexibility index (Phi) is 11.3. The summed E-state index contributed by atoms with van der Waals surface area (Å²) in [4.78, 5) is 9.88. The Hall–Kier alpha value is -6.59. The van der Waals surface area contributed by atoms with Gasteiger partial charge in [-0.2, -0.15) is 0 Å². The van der Waals surface area contributed by atoms with E-state index in [0.717, 1.165) is 34.0 Å². The molecule has 67 heavy (non-hydrogen) atoms. The molecule has 1 aliphatic heterocycles. The molecule has 2 aromatic heterocycles. The summed E-state index contributed by atoms with van der Waals surface area (Å²) in [6.07, 6.45) is 4.31. The van der Waals surface area contributed by atoms with Crippen molar-refractivity contribution < 1.29 is 4.74 Å². The first-order chi connectivity index (χ1) is 31.6. The molecule has 0 unspecified atom stereocenters. The lowest BCUT2D eigenvalue weighted by Gasteiger charge is -2.33. The molecular weight excluding hydrogens is 817 g/mol. The van der Waals surface area contributed by atoms with E-state index in [9.17, 15) is 0 Å². The van der Waals surface area contributed by atoms with E-state index < -0.39 is 0 Å². The minimum atomic E-state index is -0.225. The highest BCUT2D eigenvalue weighted by atomic mass is 16.5. The molecule has 0 N–H and O–H groups in total. The van der Waals surface area contributed by atoms with Crippen LogP contribution in [0.25, 0.3) is 27.6 Å². The average Bonchev–Trinajstić information content (AvgIpc) is 3.90. The zero-order chi connectivity index (χ0) is 47.7. The molecule has 8 aromatic rings. The van der Waals surface area contributed by atoms with Gasteiger partial charge in [0.05, 0.1) is 17.7 Å². The highest BCUT2D eigenvalue weighted by Crippen LogP contribution is 2.45. The smallest absolute Gasteiger partial charge is 0.137 e. The third-order valence-corrected chi connectivity index (χ3v) is 14.1. The van der Waals surface area contributed by atoms with E-state index in [1.54, 1.807) is 0 Å². The molecule has 3 heterocycles. The van der Waals surface area contributed by atoms with Gasteiger partial charge in [-0.1, -0.05) is 181 Å². The predicted molar refractivity (Wildman–Crippen MR) is 283 cm³/mol. The van der Waals surface area contributed by atoms with Gasteiger partial charge in [0, 0.05) is 68.6 Å². The van der Waals surface area contributed by atoms with Crippen molar-refractivity contribution in [3.05, 3.63) is 203 Å². The fourth-order valence-corrected chi connectivity index (χ4v) is 9.83. The molecule has 0 spiro atoms. The van der Waals surface area contributed by atoms with E-state index >= 15 is 0 Å². The standard InChI is InChI=1S/C62H68N4O/c1-58(2,3)44-31-32-63-56(36-44)66-53-30-21-20-29-51(53)57-52(59(4,5)6)38-50(39-54(57)66)67-49-28-22-27-47(37-49)65-41-64(40-55(65)60(7,8)9)48-34-45(61(10,11)42-23-16-14-17-24-42)33-46(35-48)62(12,13)43-25-18-15-19-26-43/h14-40H,41H2,1-13H3. The number of ether oxygens (including phenoxy) is 1. The molecule has 0 amide bonds. The highest BCUT2D eigenvalue weighted by molar-refractivity contribution is 6.11. The molecule has 0 fully saturated rings. The normalized spacial score (nSPS) is 14.0. The second-order valence-electron chi connectivity index (χ2n) is 22.8. The number of aromatic nitrogens is 2. The number of hydrogen-bond donors (Lipinski definition) is 0. The van der Waals surface area contributed by atoms with Crippen molar-refractivity contribution >= 4 is 33.2 Å². The Bertz CT molecular complexity index is 3060. The van der Waals surface area contributed by atoms with Gasteiger partial charge in [0.15, 0.2) is 0 Å². The number of para-hydroxylation sites is 1. The van der Waals surface area contributed by atoms with E-state index in [1.807, 2.05) is 6.20 Å². The molecular formula is C62H68N4O. The van der Waals surface area contributed by atoms with Crippen LogP contribution in [0.15, 0.2) is 170 Å². The third-order valence-electron chi connectivity index (χ3n) is 14.1. The summed E-state index contributed by atoms with van der Waals surface area (Å²) >= 11 is 0. The number of fused-ring (bicyclic) bond motifs is 3. The Morgan fingerprint density at radius 1 is 0.463 bits per heavy atom. The molecule has 1 aliphatic rings. The predicted octanol–water partition coefficient (Wildman–Crippen LogP) is 16.4. The van der Waals surface area contributed by atoms with Crippen LogP contribution in [-0.4, -0.2) is 16.2 Å². The van der Waals surface area contributed by atoms with Crippen LogP contribution >= 0.6 is 0 Å². The van der Waals surface area contributed by atoms with Crippen molar-refractivity contribution in [2.24, 2.45) is 5.41 Å². The lowest BCUT2D eigenvalue weighted by molar-refractivity contribution is 0.478. The number of allylic oxidation sites excluding steroid dienone is 1. The first-order valence-corrected chi connectivity index (χ1v) is 24.0. The molecule has 0 atom stereocenters. The van der Waals surface area contributed by atoms with Crippen LogP contribution < -0.4 is 14.5 Å². The summed E-state index contributed by atoms with van der Waals surface area (Å²) in [5.74, 6) is 2.49. The van der Waals surface area contributed by atoms with Gasteiger partial charge in [-0.25, -0.2) is 4.98 Å². The van der Waals surface area contributed by atoms with Crippen molar-refractivity contribution in [2.75, 3.05) is 16.5 Å². The largest absolute Gasteiger partial charge is 0.457 e. The monoisotopic (exact) mass is 885 g/mol. The number of rotatable bonds is 9. The Morgan fingerprint density at radius 2 is 1.07 bits per heavy atom. The van der Waals surface area contributed by atoms with Crippen LogP contribution in [-0.2, 0) is 21.7 Å². The van der Waals surface area contributed by atoms with Crippen LogP contribution in [0.2, 0.25) is 0 Å². The SMILES string of the molecule is CC(C)(C)C1=CN(c2cc(C(C)(C)c3ccccc3)cc(C(C)(C)c3ccccc3)c2)CN1c1cccc(Oc2cc(C(C)(C)C)c3c4ccccc4n(-c4cc(C(C)(C)C)ccn4)c3c2)c1. The van der Waals surface area contributed by atoms with Crippen LogP contribution in [0.5, 0.6) is 11.5 Å². The molecule has 9 rings (SSSR count). The van der Waals surface area contributed by atoms with E-state index in [2.05, 4.69) is 262 Å². The quantitative estimate of drug-likeness (QED) is 0.145. The number of nitrogens with zero attached hydrogens (tertiary/aromatic N) is 4. The van der Waals surface area contributed by atoms with Crippen molar-refractivity contribution in [1.29, 1.82) is 0 Å². The first-order valence-electron chi connectivity index (χ1n) is 24.0. The van der Waals surface area contributed by atoms with Gasteiger partial charge in [0.2, 0.25) is 0 Å². The van der Waals surface area contributed by atoms with E-state index in [4.69, 9.17) is 9.72 Å². The maximum absolute atomic E-state index is 7.02. The average molecular weight is 885 g/mol. The molecule has 0 saturated carbocycles. The zero-order valence-corrected chi connectivity index (χ0v) is 42.0. The first kappa shape index (κ1) is 45.6. The Balaban J connectivity index is 1.12. The third kappa shape index (κ3) is 8.66. The number of pyridine rings is 1. The van der Waals surface area contributed by atoms with Crippen LogP contribution in [0.4, 0.5) is 11.4 Å². The van der Waals surface area contributed by atoms with Crippen LogP contribution in [0, 0.1) is 5.41 Å². The summed E-state index contributed by atoms with van der Waals surface area (Å²) in [6, 6.07) is 55.2. The highest BCUT2D eigenvalue weighted by Gasteiger charge is 2.35. The molecule has 0 radical (unpaired) electrons. The van der Waals surface area contributed by atoms with E-state index in [-0.39, 0.29) is 27.1 Å². The Morgan fingerprint density at radius 3 is 1.67 bits per heavy atom. The van der Waals surface area contributed by atoms with Gasteiger partial charge in [-0.15, -0.1) is 0 Å².